The Hall–Kier alpha value is -7.05. The van der Waals surface area contributed by atoms with E-state index in [1.807, 2.05) is 72.8 Å². The highest BCUT2D eigenvalue weighted by Crippen LogP contribution is 2.41. The molecule has 6 nitrogen and oxygen atoms in total. The second-order valence-electron chi connectivity index (χ2n) is 12.9. The van der Waals surface area contributed by atoms with Crippen molar-refractivity contribution in [2.24, 2.45) is 0 Å². The fourth-order valence-corrected chi connectivity index (χ4v) is 7.71. The first-order valence-electron chi connectivity index (χ1n) is 17.0. The number of hydrogen-bond donors (Lipinski definition) is 1. The zero-order chi connectivity index (χ0) is 33.5. The number of benzene rings is 7. The van der Waals surface area contributed by atoms with Gasteiger partial charge in [-0.15, -0.1) is 0 Å². The van der Waals surface area contributed by atoms with E-state index in [9.17, 15) is 0 Å². The molecule has 0 radical (unpaired) electrons. The van der Waals surface area contributed by atoms with Gasteiger partial charge in [-0.1, -0.05) is 121 Å². The van der Waals surface area contributed by atoms with Crippen molar-refractivity contribution in [3.63, 3.8) is 0 Å². The van der Waals surface area contributed by atoms with Gasteiger partial charge in [0.1, 0.15) is 11.2 Å². The van der Waals surface area contributed by atoms with Crippen LogP contribution in [0.1, 0.15) is 0 Å². The lowest BCUT2D eigenvalue weighted by Gasteiger charge is -2.10. The molecule has 0 aliphatic rings. The number of furan rings is 1. The van der Waals surface area contributed by atoms with Crippen molar-refractivity contribution in [2.75, 3.05) is 0 Å². The molecule has 0 saturated heterocycles. The smallest absolute Gasteiger partial charge is 0.164 e. The monoisotopic (exact) mass is 653 g/mol. The topological polar surface area (TPSA) is 72.5 Å². The van der Waals surface area contributed by atoms with E-state index in [1.54, 1.807) is 0 Å². The third kappa shape index (κ3) is 4.20. The standard InChI is InChI=1S/C45H27N5O/c1-3-12-27(13-4-1)43-47-44(28-14-5-2-6-15-28)49-45(48-43)34-18-11-21-39-40(34)35-26-29(22-25-38(35)51-39)50-37-20-10-8-17-31(37)33-24-23-32-30-16-7-9-19-36(30)46-41(32)42(33)50/h1-26,46H. The predicted octanol–water partition coefficient (Wildman–Crippen LogP) is 11.5. The second kappa shape index (κ2) is 10.7. The third-order valence-electron chi connectivity index (χ3n) is 9.99. The largest absolute Gasteiger partial charge is 0.456 e. The van der Waals surface area contributed by atoms with Crippen LogP contribution in [0.25, 0.3) is 105 Å². The number of H-pyrrole nitrogens is 1. The lowest BCUT2D eigenvalue weighted by Crippen LogP contribution is -2.00. The van der Waals surface area contributed by atoms with Gasteiger partial charge >= 0.3 is 0 Å². The number of rotatable bonds is 4. The van der Waals surface area contributed by atoms with Crippen molar-refractivity contribution in [3.8, 4) is 39.9 Å². The Labute approximate surface area is 291 Å². The van der Waals surface area contributed by atoms with Crippen LogP contribution in [0, 0.1) is 0 Å². The summed E-state index contributed by atoms with van der Waals surface area (Å²) in [5.74, 6) is 1.84. The molecule has 4 heterocycles. The first-order valence-corrected chi connectivity index (χ1v) is 17.0. The molecule has 238 valence electrons. The maximum Gasteiger partial charge on any atom is 0.164 e. The van der Waals surface area contributed by atoms with Crippen molar-refractivity contribution in [2.45, 2.75) is 0 Å². The predicted molar refractivity (Wildman–Crippen MR) is 207 cm³/mol. The van der Waals surface area contributed by atoms with E-state index in [-0.39, 0.29) is 0 Å². The molecule has 0 saturated carbocycles. The quantitative estimate of drug-likeness (QED) is 0.205. The van der Waals surface area contributed by atoms with Gasteiger partial charge in [-0.3, -0.25) is 0 Å². The maximum atomic E-state index is 6.52. The Morgan fingerprint density at radius 2 is 1.14 bits per heavy atom. The molecule has 0 bridgehead atoms. The molecular formula is C45H27N5O. The van der Waals surface area contributed by atoms with E-state index in [2.05, 4.69) is 94.5 Å². The molecule has 0 atom stereocenters. The first-order chi connectivity index (χ1) is 25.3. The molecule has 1 N–H and O–H groups in total. The van der Waals surface area contributed by atoms with E-state index in [4.69, 9.17) is 19.4 Å². The lowest BCUT2D eigenvalue weighted by molar-refractivity contribution is 0.669. The van der Waals surface area contributed by atoms with Crippen molar-refractivity contribution >= 4 is 65.6 Å². The Morgan fingerprint density at radius 3 is 1.92 bits per heavy atom. The summed E-state index contributed by atoms with van der Waals surface area (Å²) in [6.45, 7) is 0. The van der Waals surface area contributed by atoms with Crippen LogP contribution in [0.5, 0.6) is 0 Å². The summed E-state index contributed by atoms with van der Waals surface area (Å²) in [6, 6.07) is 54.4. The molecule has 0 fully saturated rings. The van der Waals surface area contributed by atoms with Crippen LogP contribution in [0.3, 0.4) is 0 Å². The van der Waals surface area contributed by atoms with Gasteiger partial charge in [0.2, 0.25) is 0 Å². The van der Waals surface area contributed by atoms with Crippen LogP contribution in [0.2, 0.25) is 0 Å². The van der Waals surface area contributed by atoms with Gasteiger partial charge in [0.05, 0.1) is 16.6 Å². The Morgan fingerprint density at radius 1 is 0.471 bits per heavy atom. The SMILES string of the molecule is c1ccc(-c2nc(-c3ccccc3)nc(-c3cccc4oc5ccc(-n6c7ccccc7c7ccc8c9ccccc9[nH]c8c76)cc5c34)n2)cc1. The highest BCUT2D eigenvalue weighted by molar-refractivity contribution is 6.23. The van der Waals surface area contributed by atoms with Crippen LogP contribution < -0.4 is 0 Å². The zero-order valence-electron chi connectivity index (χ0n) is 27.2. The fourth-order valence-electron chi connectivity index (χ4n) is 7.71. The molecule has 0 aliphatic heterocycles. The molecule has 7 aromatic carbocycles. The molecule has 4 aromatic heterocycles. The van der Waals surface area contributed by atoms with Gasteiger partial charge in [0.25, 0.3) is 0 Å². The van der Waals surface area contributed by atoms with Crippen molar-refractivity contribution in [3.05, 3.63) is 158 Å². The molecule has 11 rings (SSSR count). The molecule has 0 spiro atoms. The molecular weight excluding hydrogens is 627 g/mol. The van der Waals surface area contributed by atoms with Crippen molar-refractivity contribution < 1.29 is 4.42 Å². The summed E-state index contributed by atoms with van der Waals surface area (Å²) < 4.78 is 8.90. The minimum Gasteiger partial charge on any atom is -0.456 e. The number of para-hydroxylation sites is 2. The third-order valence-corrected chi connectivity index (χ3v) is 9.99. The van der Waals surface area contributed by atoms with Crippen LogP contribution >= 0.6 is 0 Å². The van der Waals surface area contributed by atoms with Gasteiger partial charge in [-0.25, -0.2) is 15.0 Å². The van der Waals surface area contributed by atoms with Gasteiger partial charge in [0.15, 0.2) is 17.5 Å². The number of nitrogens with zero attached hydrogens (tertiary/aromatic N) is 4. The summed E-state index contributed by atoms with van der Waals surface area (Å²) in [5.41, 5.74) is 9.91. The van der Waals surface area contributed by atoms with Crippen LogP contribution in [0.15, 0.2) is 162 Å². The van der Waals surface area contributed by atoms with Crippen molar-refractivity contribution in [1.82, 2.24) is 24.5 Å². The normalized spacial score (nSPS) is 11.9. The number of fused-ring (bicyclic) bond motifs is 10. The van der Waals surface area contributed by atoms with E-state index in [0.717, 1.165) is 66.4 Å². The van der Waals surface area contributed by atoms with E-state index >= 15 is 0 Å². The van der Waals surface area contributed by atoms with Crippen LogP contribution in [-0.4, -0.2) is 24.5 Å². The van der Waals surface area contributed by atoms with Gasteiger partial charge in [-0.05, 0) is 36.4 Å². The Kier molecular flexibility index (Phi) is 5.86. The van der Waals surface area contributed by atoms with Crippen LogP contribution in [-0.2, 0) is 0 Å². The average Bonchev–Trinajstić information content (AvgIpc) is 3.88. The minimum absolute atomic E-state index is 0.595. The number of aromatic nitrogens is 5. The summed E-state index contributed by atoms with van der Waals surface area (Å²) in [4.78, 5) is 18.8. The fraction of sp³-hybridized carbons (Fsp3) is 0. The zero-order valence-corrected chi connectivity index (χ0v) is 27.2. The van der Waals surface area contributed by atoms with Gasteiger partial charge < -0.3 is 14.0 Å². The van der Waals surface area contributed by atoms with Gasteiger partial charge in [0, 0.05) is 60.2 Å². The van der Waals surface area contributed by atoms with Crippen molar-refractivity contribution in [1.29, 1.82) is 0 Å². The average molecular weight is 654 g/mol. The summed E-state index contributed by atoms with van der Waals surface area (Å²) >= 11 is 0. The van der Waals surface area contributed by atoms with E-state index in [0.29, 0.717) is 17.5 Å². The minimum atomic E-state index is 0.595. The molecule has 6 heteroatoms. The molecule has 51 heavy (non-hydrogen) atoms. The maximum absolute atomic E-state index is 6.52. The molecule has 0 aliphatic carbocycles. The highest BCUT2D eigenvalue weighted by atomic mass is 16.3. The summed E-state index contributed by atoms with van der Waals surface area (Å²) in [6.07, 6.45) is 0. The number of aromatic amines is 1. The number of nitrogens with one attached hydrogen (secondary N) is 1. The lowest BCUT2D eigenvalue weighted by atomic mass is 10.0. The molecule has 0 unspecified atom stereocenters. The van der Waals surface area contributed by atoms with Gasteiger partial charge in [-0.2, -0.15) is 0 Å². The molecule has 11 aromatic rings. The van der Waals surface area contributed by atoms with E-state index in [1.165, 1.54) is 21.5 Å². The Balaban J connectivity index is 1.19. The highest BCUT2D eigenvalue weighted by Gasteiger charge is 2.21. The number of hydrogen-bond acceptors (Lipinski definition) is 4. The van der Waals surface area contributed by atoms with Crippen LogP contribution in [0.4, 0.5) is 0 Å². The van der Waals surface area contributed by atoms with E-state index < -0.39 is 0 Å². The summed E-state index contributed by atoms with van der Waals surface area (Å²) in [7, 11) is 0. The molecule has 0 amide bonds. The second-order valence-corrected chi connectivity index (χ2v) is 12.9. The Bertz CT molecular complexity index is 3080. The first kappa shape index (κ1) is 27.9. The summed E-state index contributed by atoms with van der Waals surface area (Å²) in [5, 5.41) is 6.80.